The first kappa shape index (κ1) is 12.2. The molecule has 0 aromatic carbocycles. The van der Waals surface area contributed by atoms with E-state index in [4.69, 9.17) is 9.63 Å². The first-order valence-corrected chi connectivity index (χ1v) is 5.70. The molecule has 2 N–H and O–H groups in total. The maximum absolute atomic E-state index is 11.6. The van der Waals surface area contributed by atoms with E-state index in [1.54, 1.807) is 6.92 Å². The van der Waals surface area contributed by atoms with E-state index in [9.17, 15) is 9.59 Å². The number of thiazole rings is 1. The number of amides is 1. The van der Waals surface area contributed by atoms with Crippen LogP contribution in [0.4, 0.5) is 0 Å². The average molecular weight is 268 g/mol. The van der Waals surface area contributed by atoms with Crippen molar-refractivity contribution >= 4 is 23.2 Å². The molecule has 2 rings (SSSR count). The third-order valence-electron chi connectivity index (χ3n) is 1.89. The van der Waals surface area contributed by atoms with Crippen LogP contribution in [0, 0.1) is 6.92 Å². The summed E-state index contributed by atoms with van der Waals surface area (Å²) in [6.45, 7) is 1.73. The fraction of sp³-hybridized carbons (Fsp3) is 0.222. The van der Waals surface area contributed by atoms with E-state index in [-0.39, 0.29) is 17.2 Å². The molecule has 94 valence electrons. The summed E-state index contributed by atoms with van der Waals surface area (Å²) < 4.78 is 4.73. The zero-order valence-electron chi connectivity index (χ0n) is 9.21. The summed E-state index contributed by atoms with van der Waals surface area (Å²) in [6.07, 6.45) is 0. The van der Waals surface area contributed by atoms with E-state index in [1.807, 2.05) is 0 Å². The molecule has 0 aliphatic rings. The Kier molecular flexibility index (Phi) is 3.33. The van der Waals surface area contributed by atoms with Crippen molar-refractivity contribution in [1.82, 2.24) is 20.4 Å². The number of carboxylic acids is 1. The van der Waals surface area contributed by atoms with E-state index in [0.717, 1.165) is 11.3 Å². The second-order valence-corrected chi connectivity index (χ2v) is 4.11. The van der Waals surface area contributed by atoms with Gasteiger partial charge in [-0.1, -0.05) is 5.16 Å². The lowest BCUT2D eigenvalue weighted by Crippen LogP contribution is -2.23. The minimum Gasteiger partial charge on any atom is -0.476 e. The van der Waals surface area contributed by atoms with Crippen molar-refractivity contribution in [1.29, 1.82) is 0 Å². The van der Waals surface area contributed by atoms with Gasteiger partial charge in [-0.15, -0.1) is 11.3 Å². The predicted molar refractivity (Wildman–Crippen MR) is 59.3 cm³/mol. The number of carbonyl (C=O) groups is 2. The van der Waals surface area contributed by atoms with Gasteiger partial charge in [0.15, 0.2) is 16.5 Å². The SMILES string of the molecule is Cc1nc(CNC(=O)c2nc(C(=O)O)cs2)no1. The summed E-state index contributed by atoms with van der Waals surface area (Å²) >= 11 is 0.958. The highest BCUT2D eigenvalue weighted by Crippen LogP contribution is 2.09. The lowest BCUT2D eigenvalue weighted by Gasteiger charge is -1.97. The lowest BCUT2D eigenvalue weighted by molar-refractivity contribution is 0.0691. The summed E-state index contributed by atoms with van der Waals surface area (Å²) in [5, 5.41) is 16.2. The van der Waals surface area contributed by atoms with E-state index in [2.05, 4.69) is 20.4 Å². The van der Waals surface area contributed by atoms with Crippen molar-refractivity contribution in [3.63, 3.8) is 0 Å². The van der Waals surface area contributed by atoms with Crippen LogP contribution < -0.4 is 5.32 Å². The highest BCUT2D eigenvalue weighted by molar-refractivity contribution is 7.11. The van der Waals surface area contributed by atoms with Crippen LogP contribution in [-0.4, -0.2) is 32.1 Å². The van der Waals surface area contributed by atoms with E-state index < -0.39 is 11.9 Å². The second-order valence-electron chi connectivity index (χ2n) is 3.26. The van der Waals surface area contributed by atoms with Crippen LogP contribution in [0.1, 0.15) is 32.0 Å². The van der Waals surface area contributed by atoms with Gasteiger partial charge >= 0.3 is 5.97 Å². The van der Waals surface area contributed by atoms with Crippen molar-refractivity contribution < 1.29 is 19.2 Å². The molecule has 0 radical (unpaired) electrons. The zero-order chi connectivity index (χ0) is 13.1. The van der Waals surface area contributed by atoms with E-state index in [1.165, 1.54) is 5.38 Å². The second kappa shape index (κ2) is 4.92. The Labute approximate surface area is 105 Å². The quantitative estimate of drug-likeness (QED) is 0.826. The van der Waals surface area contributed by atoms with Crippen molar-refractivity contribution in [2.24, 2.45) is 0 Å². The molecule has 0 bridgehead atoms. The normalized spacial score (nSPS) is 10.3. The molecule has 0 spiro atoms. The van der Waals surface area contributed by atoms with Crippen LogP contribution in [0.2, 0.25) is 0 Å². The van der Waals surface area contributed by atoms with Gasteiger partial charge in [-0.25, -0.2) is 9.78 Å². The fourth-order valence-electron chi connectivity index (χ4n) is 1.12. The number of carboxylic acid groups (broad SMARTS) is 1. The number of rotatable bonds is 4. The Morgan fingerprint density at radius 3 is 2.83 bits per heavy atom. The molecule has 2 heterocycles. The molecule has 0 atom stereocenters. The van der Waals surface area contributed by atoms with Crippen LogP contribution in [0.25, 0.3) is 0 Å². The maximum atomic E-state index is 11.6. The molecule has 0 saturated carbocycles. The largest absolute Gasteiger partial charge is 0.476 e. The topological polar surface area (TPSA) is 118 Å². The Morgan fingerprint density at radius 1 is 1.50 bits per heavy atom. The highest BCUT2D eigenvalue weighted by atomic mass is 32.1. The summed E-state index contributed by atoms with van der Waals surface area (Å²) in [6, 6.07) is 0. The Hall–Kier alpha value is -2.29. The zero-order valence-corrected chi connectivity index (χ0v) is 10.0. The number of hydrogen-bond acceptors (Lipinski definition) is 7. The lowest BCUT2D eigenvalue weighted by atomic mass is 10.5. The van der Waals surface area contributed by atoms with Gasteiger partial charge in [0, 0.05) is 12.3 Å². The van der Waals surface area contributed by atoms with Crippen LogP contribution in [-0.2, 0) is 6.54 Å². The molecule has 8 nitrogen and oxygen atoms in total. The molecule has 9 heteroatoms. The van der Waals surface area contributed by atoms with Crippen LogP contribution >= 0.6 is 11.3 Å². The van der Waals surface area contributed by atoms with Crippen LogP contribution in [0.15, 0.2) is 9.90 Å². The molecule has 18 heavy (non-hydrogen) atoms. The van der Waals surface area contributed by atoms with Gasteiger partial charge < -0.3 is 14.9 Å². The smallest absolute Gasteiger partial charge is 0.355 e. The summed E-state index contributed by atoms with van der Waals surface area (Å²) in [4.78, 5) is 29.8. The van der Waals surface area contributed by atoms with Crippen molar-refractivity contribution in [3.8, 4) is 0 Å². The summed E-state index contributed by atoms with van der Waals surface area (Å²) in [7, 11) is 0. The molecule has 0 saturated heterocycles. The number of carbonyl (C=O) groups excluding carboxylic acids is 1. The van der Waals surface area contributed by atoms with Gasteiger partial charge in [-0.3, -0.25) is 4.79 Å². The Balaban J connectivity index is 1.97. The molecule has 1 amide bonds. The monoisotopic (exact) mass is 268 g/mol. The molecular formula is C9H8N4O4S. The van der Waals surface area contributed by atoms with Crippen molar-refractivity contribution in [2.45, 2.75) is 13.5 Å². The van der Waals surface area contributed by atoms with E-state index in [0.29, 0.717) is 11.7 Å². The van der Waals surface area contributed by atoms with Crippen molar-refractivity contribution in [3.05, 3.63) is 27.8 Å². The predicted octanol–water partition coefficient (Wildman–Crippen LogP) is 0.463. The Bertz CT molecular complexity index is 591. The first-order valence-electron chi connectivity index (χ1n) is 4.82. The standard InChI is InChI=1S/C9H8N4O4S/c1-4-11-6(13-17-4)2-10-7(14)8-12-5(3-18-8)9(15)16/h3H,2H2,1H3,(H,10,14)(H,15,16). The molecule has 0 aliphatic carbocycles. The van der Waals surface area contributed by atoms with Gasteiger partial charge in [0.1, 0.15) is 0 Å². The van der Waals surface area contributed by atoms with Gasteiger partial charge in [-0.2, -0.15) is 4.98 Å². The number of aromatic carboxylic acids is 1. The fourth-order valence-corrected chi connectivity index (χ4v) is 1.83. The Morgan fingerprint density at radius 2 is 2.28 bits per heavy atom. The van der Waals surface area contributed by atoms with Crippen LogP contribution in [0.5, 0.6) is 0 Å². The number of nitrogens with zero attached hydrogens (tertiary/aromatic N) is 3. The molecule has 0 fully saturated rings. The minimum absolute atomic E-state index is 0.0765. The summed E-state index contributed by atoms with van der Waals surface area (Å²) in [5.41, 5.74) is -0.152. The van der Waals surface area contributed by atoms with Gasteiger partial charge in [0.05, 0.1) is 6.54 Å². The number of hydrogen-bond donors (Lipinski definition) is 2. The molecule has 2 aromatic heterocycles. The van der Waals surface area contributed by atoms with Crippen molar-refractivity contribution in [2.75, 3.05) is 0 Å². The first-order chi connectivity index (χ1) is 8.56. The van der Waals surface area contributed by atoms with Gasteiger partial charge in [0.2, 0.25) is 5.89 Å². The molecule has 0 aliphatic heterocycles. The maximum Gasteiger partial charge on any atom is 0.355 e. The van der Waals surface area contributed by atoms with Gasteiger partial charge in [-0.05, 0) is 0 Å². The number of aryl methyl sites for hydroxylation is 1. The molecular weight excluding hydrogens is 260 g/mol. The summed E-state index contributed by atoms with van der Waals surface area (Å²) in [5.74, 6) is -0.897. The molecule has 0 unspecified atom stereocenters. The average Bonchev–Trinajstić information content (AvgIpc) is 2.94. The minimum atomic E-state index is -1.17. The van der Waals surface area contributed by atoms with E-state index >= 15 is 0 Å². The number of nitrogens with one attached hydrogen (secondary N) is 1. The number of aromatic nitrogens is 3. The van der Waals surface area contributed by atoms with Crippen LogP contribution in [0.3, 0.4) is 0 Å². The van der Waals surface area contributed by atoms with Gasteiger partial charge in [0.25, 0.3) is 5.91 Å². The molecule has 2 aromatic rings. The third kappa shape index (κ3) is 2.69. The highest BCUT2D eigenvalue weighted by Gasteiger charge is 2.15. The third-order valence-corrected chi connectivity index (χ3v) is 2.74.